The van der Waals surface area contributed by atoms with Gasteiger partial charge in [0.15, 0.2) is 0 Å². The lowest BCUT2D eigenvalue weighted by Gasteiger charge is -2.19. The Labute approximate surface area is 135 Å². The third-order valence-corrected chi connectivity index (χ3v) is 4.75. The first-order chi connectivity index (χ1) is 10.1. The molecule has 1 aliphatic heterocycles. The van der Waals surface area contributed by atoms with E-state index in [9.17, 15) is 0 Å². The maximum absolute atomic E-state index is 6.12. The molecule has 0 radical (unpaired) electrons. The van der Waals surface area contributed by atoms with Gasteiger partial charge in [-0.15, -0.1) is 0 Å². The summed E-state index contributed by atoms with van der Waals surface area (Å²) < 4.78 is 0. The summed E-state index contributed by atoms with van der Waals surface area (Å²) in [6.45, 7) is 3.03. The Morgan fingerprint density at radius 3 is 1.95 bits per heavy atom. The molecule has 21 heavy (non-hydrogen) atoms. The number of nitrogens with two attached hydrogens (primary N) is 1. The van der Waals surface area contributed by atoms with Gasteiger partial charge in [0.2, 0.25) is 0 Å². The maximum Gasteiger partial charge on any atom is 0.0595 e. The number of rotatable bonds is 2. The number of fused-ring (bicyclic) bond motifs is 1. The first-order valence-electron chi connectivity index (χ1n) is 7.15. The molecule has 0 fully saturated rings. The molecule has 110 valence electrons. The predicted octanol–water partition coefficient (Wildman–Crippen LogP) is 4.18. The number of hydrogen-bond donors (Lipinski definition) is 1. The summed E-state index contributed by atoms with van der Waals surface area (Å²) in [6, 6.07) is 12.2. The van der Waals surface area contributed by atoms with E-state index in [0.29, 0.717) is 10.0 Å². The van der Waals surface area contributed by atoms with Gasteiger partial charge >= 0.3 is 0 Å². The first-order valence-corrected chi connectivity index (χ1v) is 7.91. The minimum atomic E-state index is 0.655. The van der Waals surface area contributed by atoms with E-state index in [1.165, 1.54) is 16.7 Å². The van der Waals surface area contributed by atoms with Gasteiger partial charge in [0.1, 0.15) is 0 Å². The molecule has 1 heterocycles. The van der Waals surface area contributed by atoms with E-state index in [-0.39, 0.29) is 0 Å². The van der Waals surface area contributed by atoms with Crippen LogP contribution in [0.15, 0.2) is 36.4 Å². The lowest BCUT2D eigenvalue weighted by molar-refractivity contribution is 0.279. The van der Waals surface area contributed by atoms with Crippen LogP contribution >= 0.6 is 23.2 Å². The molecule has 0 saturated carbocycles. The van der Waals surface area contributed by atoms with E-state index in [4.69, 9.17) is 28.9 Å². The molecule has 0 aromatic heterocycles. The van der Waals surface area contributed by atoms with Crippen molar-refractivity contribution < 1.29 is 0 Å². The van der Waals surface area contributed by atoms with Crippen LogP contribution in [-0.4, -0.2) is 18.0 Å². The number of nitrogens with zero attached hydrogens (tertiary/aromatic N) is 1. The molecule has 2 aromatic carbocycles. The Hall–Kier alpha value is -1.22. The van der Waals surface area contributed by atoms with E-state index in [1.54, 1.807) is 0 Å². The van der Waals surface area contributed by atoms with E-state index in [1.807, 2.05) is 24.3 Å². The molecule has 2 N–H and O–H groups in total. The van der Waals surface area contributed by atoms with Crippen LogP contribution < -0.4 is 5.73 Å². The minimum Gasteiger partial charge on any atom is -0.399 e. The number of hydrogen-bond acceptors (Lipinski definition) is 2. The summed E-state index contributed by atoms with van der Waals surface area (Å²) in [5, 5.41) is 1.31. The maximum atomic E-state index is 6.12. The number of nitrogen functional groups attached to an aromatic ring is 1. The normalized spacial score (nSPS) is 15.5. The highest BCUT2D eigenvalue weighted by Gasteiger charge is 2.15. The van der Waals surface area contributed by atoms with Gasteiger partial charge in [-0.25, -0.2) is 0 Å². The highest BCUT2D eigenvalue weighted by molar-refractivity contribution is 6.42. The van der Waals surface area contributed by atoms with Gasteiger partial charge in [-0.2, -0.15) is 0 Å². The zero-order chi connectivity index (χ0) is 14.8. The van der Waals surface area contributed by atoms with Crippen molar-refractivity contribution in [1.82, 2.24) is 4.90 Å². The predicted molar refractivity (Wildman–Crippen MR) is 90.0 cm³/mol. The van der Waals surface area contributed by atoms with Crippen LogP contribution in [0.1, 0.15) is 16.7 Å². The molecule has 0 saturated heterocycles. The summed E-state index contributed by atoms with van der Waals surface area (Å²) >= 11 is 12.2. The van der Waals surface area contributed by atoms with Crippen molar-refractivity contribution in [2.45, 2.75) is 19.4 Å². The number of benzene rings is 2. The molecular weight excluding hydrogens is 303 g/mol. The molecule has 1 aliphatic rings. The summed E-state index contributed by atoms with van der Waals surface area (Å²) in [5.41, 5.74) is 10.5. The average molecular weight is 321 g/mol. The topological polar surface area (TPSA) is 29.3 Å². The van der Waals surface area contributed by atoms with Crippen LogP contribution in [0.3, 0.4) is 0 Å². The zero-order valence-corrected chi connectivity index (χ0v) is 13.3. The molecule has 2 aromatic rings. The van der Waals surface area contributed by atoms with Gasteiger partial charge in [0.25, 0.3) is 0 Å². The molecule has 0 bridgehead atoms. The van der Waals surface area contributed by atoms with Crippen molar-refractivity contribution in [2.75, 3.05) is 18.8 Å². The summed E-state index contributed by atoms with van der Waals surface area (Å²) in [7, 11) is 0. The van der Waals surface area contributed by atoms with Crippen molar-refractivity contribution in [1.29, 1.82) is 0 Å². The van der Waals surface area contributed by atoms with E-state index >= 15 is 0 Å². The molecule has 0 aliphatic carbocycles. The van der Waals surface area contributed by atoms with Crippen LogP contribution in [0.25, 0.3) is 0 Å². The zero-order valence-electron chi connectivity index (χ0n) is 11.8. The van der Waals surface area contributed by atoms with Gasteiger partial charge in [-0.1, -0.05) is 35.3 Å². The second-order valence-corrected chi connectivity index (χ2v) is 6.37. The Morgan fingerprint density at radius 2 is 1.43 bits per heavy atom. The highest BCUT2D eigenvalue weighted by atomic mass is 35.5. The fourth-order valence-electron chi connectivity index (χ4n) is 2.80. The molecule has 3 rings (SSSR count). The molecule has 0 unspecified atom stereocenters. The minimum absolute atomic E-state index is 0.655. The Balaban J connectivity index is 1.71. The van der Waals surface area contributed by atoms with Gasteiger partial charge in [-0.05, 0) is 53.8 Å². The van der Waals surface area contributed by atoms with Gasteiger partial charge in [-0.3, -0.25) is 4.90 Å². The van der Waals surface area contributed by atoms with Crippen LogP contribution in [-0.2, 0) is 19.4 Å². The molecule has 2 nitrogen and oxygen atoms in total. The van der Waals surface area contributed by atoms with Gasteiger partial charge < -0.3 is 5.73 Å². The van der Waals surface area contributed by atoms with Crippen molar-refractivity contribution in [2.24, 2.45) is 0 Å². The average Bonchev–Trinajstić information content (AvgIpc) is 2.65. The van der Waals surface area contributed by atoms with Gasteiger partial charge in [0, 0.05) is 25.3 Å². The second kappa shape index (κ2) is 6.27. The molecule has 0 amide bonds. The molecule has 0 atom stereocenters. The first kappa shape index (κ1) is 14.7. The van der Waals surface area contributed by atoms with E-state index < -0.39 is 0 Å². The standard InChI is InChI=1S/C17H18Cl2N2/c18-16-9-13-5-7-21(8-6-14(13)10-17(16)19)11-12-1-3-15(20)4-2-12/h1-4,9-10H,5-8,11,20H2. The fraction of sp³-hybridized carbons (Fsp3) is 0.294. The number of anilines is 1. The smallest absolute Gasteiger partial charge is 0.0595 e. The van der Waals surface area contributed by atoms with Crippen molar-refractivity contribution >= 4 is 28.9 Å². The van der Waals surface area contributed by atoms with Crippen LogP contribution in [0.2, 0.25) is 10.0 Å². The van der Waals surface area contributed by atoms with Crippen molar-refractivity contribution in [3.05, 3.63) is 63.1 Å². The largest absolute Gasteiger partial charge is 0.399 e. The van der Waals surface area contributed by atoms with Crippen LogP contribution in [0.5, 0.6) is 0 Å². The van der Waals surface area contributed by atoms with Gasteiger partial charge in [0.05, 0.1) is 10.0 Å². The summed E-state index contributed by atoms with van der Waals surface area (Å²) in [4.78, 5) is 2.47. The van der Waals surface area contributed by atoms with Crippen molar-refractivity contribution in [3.63, 3.8) is 0 Å². The SMILES string of the molecule is Nc1ccc(CN2CCc3cc(Cl)c(Cl)cc3CC2)cc1. The van der Waals surface area contributed by atoms with E-state index in [0.717, 1.165) is 38.2 Å². The molecule has 4 heteroatoms. The lowest BCUT2D eigenvalue weighted by Crippen LogP contribution is -2.25. The molecule has 0 spiro atoms. The Morgan fingerprint density at radius 1 is 0.905 bits per heavy atom. The summed E-state index contributed by atoms with van der Waals surface area (Å²) in [6.07, 6.45) is 2.03. The van der Waals surface area contributed by atoms with E-state index in [2.05, 4.69) is 17.0 Å². The Kier molecular flexibility index (Phi) is 4.39. The third-order valence-electron chi connectivity index (χ3n) is 4.02. The lowest BCUT2D eigenvalue weighted by atomic mass is 10.0. The third kappa shape index (κ3) is 3.52. The fourth-order valence-corrected chi connectivity index (χ4v) is 3.18. The van der Waals surface area contributed by atoms with Crippen molar-refractivity contribution in [3.8, 4) is 0 Å². The van der Waals surface area contributed by atoms with Crippen LogP contribution in [0.4, 0.5) is 5.69 Å². The second-order valence-electron chi connectivity index (χ2n) is 5.55. The monoisotopic (exact) mass is 320 g/mol. The highest BCUT2D eigenvalue weighted by Crippen LogP contribution is 2.28. The summed E-state index contributed by atoms with van der Waals surface area (Å²) in [5.74, 6) is 0. The van der Waals surface area contributed by atoms with Crippen LogP contribution in [0, 0.1) is 0 Å². The quantitative estimate of drug-likeness (QED) is 0.841. The number of halogens is 2. The molecular formula is C17H18Cl2N2. The Bertz CT molecular complexity index is 605.